The third-order valence-corrected chi connectivity index (χ3v) is 5.87. The molecule has 1 aromatic heterocycles. The second kappa shape index (κ2) is 8.88. The van der Waals surface area contributed by atoms with E-state index in [1.807, 2.05) is 6.07 Å². The standard InChI is InChI=1S/C23H24ClN3O3/c24-17-8-6-7-16(13-17)14-27-22(29)19-11-4-5-12-20(19)26(23(27)30)15-21(28)25-18-9-2-1-3-10-18/h4-8,11-13,18H,1-3,9-10,14-15H2,(H,25,28). The fourth-order valence-corrected chi connectivity index (χ4v) is 4.36. The first-order valence-electron chi connectivity index (χ1n) is 10.3. The van der Waals surface area contributed by atoms with E-state index in [2.05, 4.69) is 5.32 Å². The molecule has 4 rings (SSSR count). The highest BCUT2D eigenvalue weighted by molar-refractivity contribution is 6.30. The van der Waals surface area contributed by atoms with E-state index in [0.717, 1.165) is 31.2 Å². The average molecular weight is 426 g/mol. The summed E-state index contributed by atoms with van der Waals surface area (Å²) in [5.41, 5.74) is 0.334. The van der Waals surface area contributed by atoms with E-state index in [4.69, 9.17) is 11.6 Å². The van der Waals surface area contributed by atoms with Gasteiger partial charge < -0.3 is 5.32 Å². The Morgan fingerprint density at radius 1 is 1.00 bits per heavy atom. The van der Waals surface area contributed by atoms with Gasteiger partial charge in [-0.3, -0.25) is 18.7 Å². The van der Waals surface area contributed by atoms with E-state index in [-0.39, 0.29) is 30.6 Å². The lowest BCUT2D eigenvalue weighted by molar-refractivity contribution is -0.122. The number of hydrogen-bond acceptors (Lipinski definition) is 3. The summed E-state index contributed by atoms with van der Waals surface area (Å²) >= 11 is 6.05. The van der Waals surface area contributed by atoms with Crippen LogP contribution in [0.15, 0.2) is 58.1 Å². The number of halogens is 1. The largest absolute Gasteiger partial charge is 0.352 e. The van der Waals surface area contributed by atoms with Gasteiger partial charge in [0.15, 0.2) is 0 Å². The summed E-state index contributed by atoms with van der Waals surface area (Å²) in [7, 11) is 0. The Hall–Kier alpha value is -2.86. The molecule has 0 bridgehead atoms. The first-order chi connectivity index (χ1) is 14.5. The number of nitrogens with one attached hydrogen (secondary N) is 1. The van der Waals surface area contributed by atoms with Gasteiger partial charge in [-0.15, -0.1) is 0 Å². The van der Waals surface area contributed by atoms with E-state index in [9.17, 15) is 14.4 Å². The Kier molecular flexibility index (Phi) is 6.04. The zero-order valence-electron chi connectivity index (χ0n) is 16.6. The molecule has 7 heteroatoms. The molecule has 0 unspecified atom stereocenters. The first kappa shape index (κ1) is 20.4. The summed E-state index contributed by atoms with van der Waals surface area (Å²) in [5, 5.41) is 3.99. The quantitative estimate of drug-likeness (QED) is 0.681. The Bertz CT molecular complexity index is 1190. The Morgan fingerprint density at radius 3 is 2.53 bits per heavy atom. The van der Waals surface area contributed by atoms with Crippen molar-refractivity contribution >= 4 is 28.4 Å². The molecule has 30 heavy (non-hydrogen) atoms. The van der Waals surface area contributed by atoms with Crippen LogP contribution >= 0.6 is 11.6 Å². The molecule has 0 aliphatic heterocycles. The molecule has 6 nitrogen and oxygen atoms in total. The summed E-state index contributed by atoms with van der Waals surface area (Å²) in [6.07, 6.45) is 5.35. The highest BCUT2D eigenvalue weighted by Gasteiger charge is 2.19. The minimum atomic E-state index is -0.502. The van der Waals surface area contributed by atoms with Gasteiger partial charge in [0.25, 0.3) is 5.56 Å². The summed E-state index contributed by atoms with van der Waals surface area (Å²) < 4.78 is 2.56. The third kappa shape index (κ3) is 4.33. The molecule has 0 atom stereocenters. The highest BCUT2D eigenvalue weighted by atomic mass is 35.5. The van der Waals surface area contributed by atoms with Gasteiger partial charge in [0.05, 0.1) is 17.4 Å². The third-order valence-electron chi connectivity index (χ3n) is 5.63. The first-order valence-corrected chi connectivity index (χ1v) is 10.7. The molecular formula is C23H24ClN3O3. The molecule has 3 aromatic rings. The topological polar surface area (TPSA) is 73.1 Å². The molecule has 1 amide bonds. The minimum Gasteiger partial charge on any atom is -0.352 e. The molecule has 156 valence electrons. The molecule has 1 N–H and O–H groups in total. The summed E-state index contributed by atoms with van der Waals surface area (Å²) in [6.45, 7) is -0.0288. The van der Waals surface area contributed by atoms with Crippen molar-refractivity contribution in [3.05, 3.63) is 80.0 Å². The number of benzene rings is 2. The lowest BCUT2D eigenvalue weighted by Crippen LogP contribution is -2.44. The van der Waals surface area contributed by atoms with Crippen molar-refractivity contribution in [2.45, 2.75) is 51.2 Å². The van der Waals surface area contributed by atoms with Gasteiger partial charge in [-0.25, -0.2) is 4.79 Å². The van der Waals surface area contributed by atoms with Crippen molar-refractivity contribution in [2.24, 2.45) is 0 Å². The maximum Gasteiger partial charge on any atom is 0.332 e. The number of fused-ring (bicyclic) bond motifs is 1. The fraction of sp³-hybridized carbons (Fsp3) is 0.348. The number of carbonyl (C=O) groups excluding carboxylic acids is 1. The number of amides is 1. The van der Waals surface area contributed by atoms with Crippen LogP contribution in [0, 0.1) is 0 Å². The molecule has 2 aromatic carbocycles. The molecule has 0 radical (unpaired) electrons. The van der Waals surface area contributed by atoms with Crippen LogP contribution < -0.4 is 16.6 Å². The Morgan fingerprint density at radius 2 is 1.77 bits per heavy atom. The van der Waals surface area contributed by atoms with Crippen LogP contribution in [-0.2, 0) is 17.9 Å². The van der Waals surface area contributed by atoms with Crippen LogP contribution in [0.4, 0.5) is 0 Å². The van der Waals surface area contributed by atoms with Gasteiger partial charge >= 0.3 is 5.69 Å². The zero-order valence-corrected chi connectivity index (χ0v) is 17.4. The van der Waals surface area contributed by atoms with Crippen molar-refractivity contribution in [3.63, 3.8) is 0 Å². The van der Waals surface area contributed by atoms with E-state index < -0.39 is 5.69 Å². The van der Waals surface area contributed by atoms with Gasteiger partial charge in [0, 0.05) is 11.1 Å². The lowest BCUT2D eigenvalue weighted by atomic mass is 9.95. The Labute approximate surface area is 179 Å². The molecule has 1 aliphatic rings. The van der Waals surface area contributed by atoms with E-state index in [0.29, 0.717) is 15.9 Å². The molecule has 0 saturated heterocycles. The molecule has 1 fully saturated rings. The normalized spacial score (nSPS) is 14.7. The van der Waals surface area contributed by atoms with Crippen molar-refractivity contribution in [2.75, 3.05) is 0 Å². The predicted molar refractivity (Wildman–Crippen MR) is 118 cm³/mol. The van der Waals surface area contributed by atoms with Gasteiger partial charge in [-0.05, 0) is 42.7 Å². The van der Waals surface area contributed by atoms with Crippen LogP contribution in [0.25, 0.3) is 10.9 Å². The minimum absolute atomic E-state index is 0.0906. The zero-order chi connectivity index (χ0) is 21.1. The summed E-state index contributed by atoms with van der Waals surface area (Å²) in [5.74, 6) is -0.206. The molecular weight excluding hydrogens is 402 g/mol. The fourth-order valence-electron chi connectivity index (χ4n) is 4.14. The monoisotopic (exact) mass is 425 g/mol. The van der Waals surface area contributed by atoms with E-state index in [1.165, 1.54) is 15.6 Å². The van der Waals surface area contributed by atoms with Gasteiger partial charge in [0.1, 0.15) is 6.54 Å². The lowest BCUT2D eigenvalue weighted by Gasteiger charge is -2.23. The number of rotatable bonds is 5. The maximum absolute atomic E-state index is 13.2. The van der Waals surface area contributed by atoms with Crippen molar-refractivity contribution in [3.8, 4) is 0 Å². The van der Waals surface area contributed by atoms with E-state index >= 15 is 0 Å². The second-order valence-corrected chi connectivity index (χ2v) is 8.25. The van der Waals surface area contributed by atoms with E-state index in [1.54, 1.807) is 42.5 Å². The second-order valence-electron chi connectivity index (χ2n) is 7.81. The Balaban J connectivity index is 1.72. The van der Waals surface area contributed by atoms with Gasteiger partial charge in [-0.2, -0.15) is 0 Å². The number of nitrogens with zero attached hydrogens (tertiary/aromatic N) is 2. The highest BCUT2D eigenvalue weighted by Crippen LogP contribution is 2.17. The van der Waals surface area contributed by atoms with Gasteiger partial charge in [0.2, 0.25) is 5.91 Å². The van der Waals surface area contributed by atoms with Crippen molar-refractivity contribution in [1.82, 2.24) is 14.5 Å². The number of para-hydroxylation sites is 1. The van der Waals surface area contributed by atoms with Crippen molar-refractivity contribution in [1.29, 1.82) is 0 Å². The van der Waals surface area contributed by atoms with Gasteiger partial charge in [-0.1, -0.05) is 55.1 Å². The SMILES string of the molecule is O=C(Cn1c(=O)n(Cc2cccc(Cl)c2)c(=O)c2ccccc21)NC1CCCCC1. The van der Waals surface area contributed by atoms with Crippen LogP contribution in [0.2, 0.25) is 5.02 Å². The van der Waals surface area contributed by atoms with Crippen LogP contribution in [-0.4, -0.2) is 21.1 Å². The average Bonchev–Trinajstić information content (AvgIpc) is 2.75. The molecule has 1 heterocycles. The number of carbonyl (C=O) groups is 1. The van der Waals surface area contributed by atoms with Crippen LogP contribution in [0.3, 0.4) is 0 Å². The smallest absolute Gasteiger partial charge is 0.332 e. The van der Waals surface area contributed by atoms with Crippen LogP contribution in [0.5, 0.6) is 0 Å². The number of hydrogen-bond donors (Lipinski definition) is 1. The molecule has 1 saturated carbocycles. The number of aromatic nitrogens is 2. The maximum atomic E-state index is 13.2. The summed E-state index contributed by atoms with van der Waals surface area (Å²) in [6, 6.07) is 14.1. The molecule has 0 spiro atoms. The predicted octanol–water partition coefficient (Wildman–Crippen LogP) is 3.31. The molecule has 1 aliphatic carbocycles. The van der Waals surface area contributed by atoms with Crippen LogP contribution in [0.1, 0.15) is 37.7 Å². The van der Waals surface area contributed by atoms with Crippen molar-refractivity contribution < 1.29 is 4.79 Å². The summed E-state index contributed by atoms with van der Waals surface area (Å²) in [4.78, 5) is 38.9.